The number of anilines is 1. The van der Waals surface area contributed by atoms with Crippen molar-refractivity contribution in [3.63, 3.8) is 0 Å². The molecule has 0 aromatic heterocycles. The van der Waals surface area contributed by atoms with Gasteiger partial charge in [0.2, 0.25) is 5.91 Å². The Labute approximate surface area is 93.2 Å². The zero-order chi connectivity index (χ0) is 10.7. The van der Waals surface area contributed by atoms with Crippen LogP contribution in [-0.4, -0.2) is 5.91 Å². The van der Waals surface area contributed by atoms with Gasteiger partial charge in [-0.05, 0) is 18.6 Å². The van der Waals surface area contributed by atoms with Gasteiger partial charge in [-0.3, -0.25) is 4.79 Å². The molecule has 0 unspecified atom stereocenters. The summed E-state index contributed by atoms with van der Waals surface area (Å²) in [4.78, 5) is 11.2. The lowest BCUT2D eigenvalue weighted by atomic mass is 10.2. The van der Waals surface area contributed by atoms with E-state index in [1.54, 1.807) is 13.0 Å². The van der Waals surface area contributed by atoms with Gasteiger partial charge in [0.15, 0.2) is 0 Å². The van der Waals surface area contributed by atoms with Crippen LogP contribution < -0.4 is 5.32 Å². The van der Waals surface area contributed by atoms with Crippen molar-refractivity contribution in [1.29, 1.82) is 0 Å². The Balaban J connectivity index is 3.06. The van der Waals surface area contributed by atoms with E-state index >= 15 is 0 Å². The van der Waals surface area contributed by atoms with E-state index in [0.717, 1.165) is 5.56 Å². The minimum absolute atomic E-state index is 0.0978. The van der Waals surface area contributed by atoms with Gasteiger partial charge in [0.05, 0.1) is 15.7 Å². The summed E-state index contributed by atoms with van der Waals surface area (Å²) in [5, 5.41) is 3.63. The highest BCUT2D eigenvalue weighted by Gasteiger charge is 2.10. The monoisotopic (exact) mass is 231 g/mol. The fourth-order valence-electron chi connectivity index (χ4n) is 0.999. The summed E-state index contributed by atoms with van der Waals surface area (Å²) in [5.41, 5.74) is 1.39. The van der Waals surface area contributed by atoms with Gasteiger partial charge in [0, 0.05) is 6.42 Å². The molecule has 76 valence electrons. The van der Waals surface area contributed by atoms with Crippen LogP contribution in [0.3, 0.4) is 0 Å². The highest BCUT2D eigenvalue weighted by molar-refractivity contribution is 6.40. The molecule has 1 amide bonds. The molecule has 0 heterocycles. The molecule has 4 heteroatoms. The third-order valence-corrected chi connectivity index (χ3v) is 2.67. The maximum Gasteiger partial charge on any atom is 0.224 e. The van der Waals surface area contributed by atoms with E-state index in [1.165, 1.54) is 0 Å². The molecule has 0 aliphatic rings. The fourth-order valence-corrected chi connectivity index (χ4v) is 1.46. The molecule has 0 spiro atoms. The standard InChI is InChI=1S/C10H11Cl2NO/c1-3-8(14)13-10-7(11)5-4-6(2)9(10)12/h4-5H,3H2,1-2H3,(H,13,14). The highest BCUT2D eigenvalue weighted by Crippen LogP contribution is 2.32. The fraction of sp³-hybridized carbons (Fsp3) is 0.300. The second kappa shape index (κ2) is 4.67. The van der Waals surface area contributed by atoms with Crippen LogP contribution in [0.1, 0.15) is 18.9 Å². The SMILES string of the molecule is CCC(=O)Nc1c(Cl)ccc(C)c1Cl. The molecule has 14 heavy (non-hydrogen) atoms. The van der Waals surface area contributed by atoms with E-state index in [0.29, 0.717) is 22.2 Å². The number of carbonyl (C=O) groups is 1. The smallest absolute Gasteiger partial charge is 0.224 e. The second-order valence-electron chi connectivity index (χ2n) is 2.95. The minimum Gasteiger partial charge on any atom is -0.324 e. The average molecular weight is 232 g/mol. The zero-order valence-electron chi connectivity index (χ0n) is 8.03. The van der Waals surface area contributed by atoms with Gasteiger partial charge in [-0.25, -0.2) is 0 Å². The summed E-state index contributed by atoms with van der Waals surface area (Å²) in [5.74, 6) is -0.0978. The van der Waals surface area contributed by atoms with Crippen molar-refractivity contribution in [2.75, 3.05) is 5.32 Å². The molecule has 1 rings (SSSR count). The van der Waals surface area contributed by atoms with Gasteiger partial charge in [-0.15, -0.1) is 0 Å². The third kappa shape index (κ3) is 2.40. The minimum atomic E-state index is -0.0978. The van der Waals surface area contributed by atoms with Crippen LogP contribution in [0.5, 0.6) is 0 Å². The van der Waals surface area contributed by atoms with E-state index in [2.05, 4.69) is 5.32 Å². The lowest BCUT2D eigenvalue weighted by Gasteiger charge is -2.09. The van der Waals surface area contributed by atoms with E-state index < -0.39 is 0 Å². The molecule has 0 saturated carbocycles. The van der Waals surface area contributed by atoms with Crippen molar-refractivity contribution in [2.45, 2.75) is 20.3 Å². The van der Waals surface area contributed by atoms with Crippen LogP contribution in [0.2, 0.25) is 10.0 Å². The number of halogens is 2. The third-order valence-electron chi connectivity index (χ3n) is 1.87. The molecule has 0 saturated heterocycles. The molecule has 1 aromatic rings. The quantitative estimate of drug-likeness (QED) is 0.828. The molecular formula is C10H11Cl2NO. The largest absolute Gasteiger partial charge is 0.324 e. The van der Waals surface area contributed by atoms with Crippen LogP contribution in [-0.2, 0) is 4.79 Å². The van der Waals surface area contributed by atoms with E-state index in [9.17, 15) is 4.79 Å². The molecule has 0 aliphatic heterocycles. The summed E-state index contributed by atoms with van der Waals surface area (Å²) in [6.45, 7) is 3.63. The number of nitrogens with one attached hydrogen (secondary N) is 1. The molecule has 0 bridgehead atoms. The average Bonchev–Trinajstić information content (AvgIpc) is 2.18. The topological polar surface area (TPSA) is 29.1 Å². The number of hydrogen-bond donors (Lipinski definition) is 1. The van der Waals surface area contributed by atoms with E-state index in [-0.39, 0.29) is 5.91 Å². The molecule has 1 aromatic carbocycles. The van der Waals surface area contributed by atoms with Crippen molar-refractivity contribution in [3.8, 4) is 0 Å². The van der Waals surface area contributed by atoms with Crippen LogP contribution in [0.25, 0.3) is 0 Å². The van der Waals surface area contributed by atoms with Gasteiger partial charge in [0.25, 0.3) is 0 Å². The normalized spacial score (nSPS) is 10.0. The first-order valence-electron chi connectivity index (χ1n) is 4.30. The molecule has 0 fully saturated rings. The number of benzene rings is 1. The summed E-state index contributed by atoms with van der Waals surface area (Å²) in [7, 11) is 0. The first-order chi connectivity index (χ1) is 6.56. The summed E-state index contributed by atoms with van der Waals surface area (Å²) in [6, 6.07) is 3.53. The van der Waals surface area contributed by atoms with Crippen molar-refractivity contribution >= 4 is 34.8 Å². The van der Waals surface area contributed by atoms with Crippen LogP contribution in [0.15, 0.2) is 12.1 Å². The first-order valence-corrected chi connectivity index (χ1v) is 5.06. The molecular weight excluding hydrogens is 221 g/mol. The highest BCUT2D eigenvalue weighted by atomic mass is 35.5. The zero-order valence-corrected chi connectivity index (χ0v) is 9.54. The number of hydrogen-bond acceptors (Lipinski definition) is 1. The number of carbonyl (C=O) groups excluding carboxylic acids is 1. The van der Waals surface area contributed by atoms with Gasteiger partial charge in [-0.2, -0.15) is 0 Å². The Morgan fingerprint density at radius 2 is 2.07 bits per heavy atom. The van der Waals surface area contributed by atoms with Crippen molar-refractivity contribution in [2.24, 2.45) is 0 Å². The maximum atomic E-state index is 11.2. The number of rotatable bonds is 2. The molecule has 0 radical (unpaired) electrons. The maximum absolute atomic E-state index is 11.2. The molecule has 1 N–H and O–H groups in total. The van der Waals surface area contributed by atoms with Crippen LogP contribution >= 0.6 is 23.2 Å². The van der Waals surface area contributed by atoms with Crippen LogP contribution in [0, 0.1) is 6.92 Å². The Morgan fingerprint density at radius 1 is 1.43 bits per heavy atom. The van der Waals surface area contributed by atoms with Crippen molar-refractivity contribution < 1.29 is 4.79 Å². The molecule has 0 aliphatic carbocycles. The van der Waals surface area contributed by atoms with Crippen molar-refractivity contribution in [1.82, 2.24) is 0 Å². The lowest BCUT2D eigenvalue weighted by molar-refractivity contribution is -0.115. The summed E-state index contributed by atoms with van der Waals surface area (Å²) in [6.07, 6.45) is 0.403. The Hall–Kier alpha value is -0.730. The van der Waals surface area contributed by atoms with E-state index in [4.69, 9.17) is 23.2 Å². The number of amides is 1. The van der Waals surface area contributed by atoms with Gasteiger partial charge >= 0.3 is 0 Å². The lowest BCUT2D eigenvalue weighted by Crippen LogP contribution is -2.10. The second-order valence-corrected chi connectivity index (χ2v) is 3.74. The molecule has 2 nitrogen and oxygen atoms in total. The Morgan fingerprint density at radius 3 is 2.64 bits per heavy atom. The van der Waals surface area contributed by atoms with Gasteiger partial charge in [0.1, 0.15) is 0 Å². The van der Waals surface area contributed by atoms with Gasteiger partial charge in [-0.1, -0.05) is 36.2 Å². The number of aryl methyl sites for hydroxylation is 1. The molecule has 0 atom stereocenters. The van der Waals surface area contributed by atoms with E-state index in [1.807, 2.05) is 13.0 Å². The Kier molecular flexibility index (Phi) is 3.78. The van der Waals surface area contributed by atoms with Gasteiger partial charge < -0.3 is 5.32 Å². The summed E-state index contributed by atoms with van der Waals surface area (Å²) < 4.78 is 0. The van der Waals surface area contributed by atoms with Crippen molar-refractivity contribution in [3.05, 3.63) is 27.7 Å². The predicted octanol–water partition coefficient (Wildman–Crippen LogP) is 3.65. The first kappa shape index (κ1) is 11.3. The summed E-state index contributed by atoms with van der Waals surface area (Å²) >= 11 is 11.9. The predicted molar refractivity (Wildman–Crippen MR) is 60.1 cm³/mol. The Bertz CT molecular complexity index is 363. The van der Waals surface area contributed by atoms with Crippen LogP contribution in [0.4, 0.5) is 5.69 Å².